The molecule has 0 aliphatic heterocycles. The van der Waals surface area contributed by atoms with E-state index in [9.17, 15) is 31.6 Å². The quantitative estimate of drug-likeness (QED) is 0.159. The second-order valence-electron chi connectivity index (χ2n) is 10.2. The third kappa shape index (κ3) is 5.15. The summed E-state index contributed by atoms with van der Waals surface area (Å²) in [5, 5.41) is 11.5. The van der Waals surface area contributed by atoms with Crippen molar-refractivity contribution in [2.24, 2.45) is 0 Å². The predicted molar refractivity (Wildman–Crippen MR) is 143 cm³/mol. The van der Waals surface area contributed by atoms with Crippen molar-refractivity contribution in [1.29, 1.82) is 0 Å². The van der Waals surface area contributed by atoms with Gasteiger partial charge < -0.3 is 5.21 Å². The maximum atomic E-state index is 16.0. The van der Waals surface area contributed by atoms with Crippen LogP contribution in [0.2, 0.25) is 5.02 Å². The van der Waals surface area contributed by atoms with Gasteiger partial charge in [-0.1, -0.05) is 17.7 Å². The molecule has 0 saturated heterocycles. The summed E-state index contributed by atoms with van der Waals surface area (Å²) in [6.45, 7) is 2.97. The van der Waals surface area contributed by atoms with E-state index in [-0.39, 0.29) is 32.3 Å². The van der Waals surface area contributed by atoms with E-state index in [1.807, 2.05) is 0 Å². The molecule has 1 fully saturated rings. The lowest BCUT2D eigenvalue weighted by atomic mass is 10.0. The van der Waals surface area contributed by atoms with Crippen LogP contribution in [0.3, 0.4) is 0 Å². The SMILES string of the molecule is Cc1cnc(-c2cccc(S(C)(=O)=O)c2F)c(F)c1-n1c(C)cc([C@H]2C[C@@H]2c2cc(C(F)(F)F)c[n+]([O-])c2)c(Cl)c1=O. The first kappa shape index (κ1) is 29.6. The largest absolute Gasteiger partial charge is 0.619 e. The third-order valence-electron chi connectivity index (χ3n) is 7.19. The van der Waals surface area contributed by atoms with E-state index in [0.717, 1.165) is 35.2 Å². The number of rotatable bonds is 5. The number of sulfone groups is 1. The van der Waals surface area contributed by atoms with Gasteiger partial charge in [0.05, 0.1) is 5.69 Å². The van der Waals surface area contributed by atoms with Gasteiger partial charge in [-0.25, -0.2) is 17.2 Å². The molecule has 1 aliphatic rings. The van der Waals surface area contributed by atoms with Gasteiger partial charge in [-0.3, -0.25) is 14.3 Å². The third-order valence-corrected chi connectivity index (χ3v) is 8.68. The maximum Gasteiger partial charge on any atom is 0.422 e. The van der Waals surface area contributed by atoms with E-state index in [1.165, 1.54) is 32.2 Å². The number of hydrogen-bond acceptors (Lipinski definition) is 5. The summed E-state index contributed by atoms with van der Waals surface area (Å²) in [7, 11) is -3.98. The van der Waals surface area contributed by atoms with Crippen molar-refractivity contribution in [2.75, 3.05) is 6.26 Å². The van der Waals surface area contributed by atoms with E-state index in [2.05, 4.69) is 4.98 Å². The lowest BCUT2D eigenvalue weighted by Gasteiger charge is -2.18. The fourth-order valence-corrected chi connectivity index (χ4v) is 6.17. The molecule has 0 radical (unpaired) electrons. The molecule has 1 aromatic carbocycles. The molecule has 1 aliphatic carbocycles. The molecular formula is C28H21ClF5N3O4S. The summed E-state index contributed by atoms with van der Waals surface area (Å²) in [6.07, 6.45) is -0.910. The van der Waals surface area contributed by atoms with Gasteiger partial charge in [0.2, 0.25) is 0 Å². The van der Waals surface area contributed by atoms with Gasteiger partial charge >= 0.3 is 6.18 Å². The van der Waals surface area contributed by atoms with Gasteiger partial charge in [-0.15, -0.1) is 0 Å². The average molecular weight is 626 g/mol. The van der Waals surface area contributed by atoms with E-state index >= 15 is 8.78 Å². The average Bonchev–Trinajstić information content (AvgIpc) is 3.68. The van der Waals surface area contributed by atoms with E-state index in [1.54, 1.807) is 0 Å². The molecule has 14 heteroatoms. The van der Waals surface area contributed by atoms with Gasteiger partial charge in [-0.2, -0.15) is 17.9 Å². The Labute approximate surface area is 241 Å². The number of nitrogens with zero attached hydrogens (tertiary/aromatic N) is 3. The van der Waals surface area contributed by atoms with Crippen molar-refractivity contribution in [1.82, 2.24) is 9.55 Å². The molecule has 0 amide bonds. The molecule has 0 spiro atoms. The lowest BCUT2D eigenvalue weighted by molar-refractivity contribution is -0.607. The van der Waals surface area contributed by atoms with Crippen LogP contribution in [-0.2, 0) is 16.0 Å². The number of alkyl halides is 3. The Morgan fingerprint density at radius 2 is 1.79 bits per heavy atom. The van der Waals surface area contributed by atoms with Gasteiger partial charge in [0.25, 0.3) is 5.56 Å². The Bertz CT molecular complexity index is 1940. The van der Waals surface area contributed by atoms with Gasteiger partial charge in [-0.05, 0) is 67.5 Å². The summed E-state index contributed by atoms with van der Waals surface area (Å²) in [5.41, 5.74) is -2.28. The van der Waals surface area contributed by atoms with Gasteiger partial charge in [0, 0.05) is 29.3 Å². The molecule has 0 N–H and O–H groups in total. The fourth-order valence-electron chi connectivity index (χ4n) is 5.13. The van der Waals surface area contributed by atoms with Crippen molar-refractivity contribution in [3.05, 3.63) is 109 Å². The minimum atomic E-state index is -4.72. The van der Waals surface area contributed by atoms with Crippen LogP contribution >= 0.6 is 11.6 Å². The van der Waals surface area contributed by atoms with E-state index < -0.39 is 66.8 Å². The molecule has 42 heavy (non-hydrogen) atoms. The highest BCUT2D eigenvalue weighted by Crippen LogP contribution is 2.56. The highest BCUT2D eigenvalue weighted by Gasteiger charge is 2.44. The smallest absolute Gasteiger partial charge is 0.422 e. The number of pyridine rings is 3. The Morgan fingerprint density at radius 3 is 2.43 bits per heavy atom. The molecule has 0 unspecified atom stereocenters. The van der Waals surface area contributed by atoms with Crippen LogP contribution in [-0.4, -0.2) is 24.2 Å². The first-order valence-electron chi connectivity index (χ1n) is 12.4. The van der Waals surface area contributed by atoms with Gasteiger partial charge in [0.1, 0.15) is 21.2 Å². The second kappa shape index (κ2) is 10.2. The predicted octanol–water partition coefficient (Wildman–Crippen LogP) is 5.77. The number of aromatic nitrogens is 3. The molecule has 0 bridgehead atoms. The van der Waals surface area contributed by atoms with Crippen LogP contribution in [0.25, 0.3) is 16.9 Å². The summed E-state index contributed by atoms with van der Waals surface area (Å²) in [5.74, 6) is -3.26. The van der Waals surface area contributed by atoms with Crippen LogP contribution in [0.1, 0.15) is 46.2 Å². The normalized spacial score (nSPS) is 17.0. The van der Waals surface area contributed by atoms with Crippen molar-refractivity contribution in [3.8, 4) is 16.9 Å². The maximum absolute atomic E-state index is 16.0. The topological polar surface area (TPSA) is 96.0 Å². The van der Waals surface area contributed by atoms with Gasteiger partial charge in [0.15, 0.2) is 33.9 Å². The molecule has 3 aromatic heterocycles. The first-order chi connectivity index (χ1) is 19.5. The van der Waals surface area contributed by atoms with Crippen molar-refractivity contribution >= 4 is 21.4 Å². The zero-order chi connectivity index (χ0) is 30.9. The van der Waals surface area contributed by atoms with Crippen LogP contribution in [0, 0.1) is 30.7 Å². The molecule has 7 nitrogen and oxygen atoms in total. The van der Waals surface area contributed by atoms with Crippen molar-refractivity contribution in [2.45, 2.75) is 43.2 Å². The molecule has 2 atom stereocenters. The molecular weight excluding hydrogens is 605 g/mol. The molecule has 5 rings (SSSR count). The lowest BCUT2D eigenvalue weighted by Crippen LogP contribution is -2.28. The van der Waals surface area contributed by atoms with Crippen molar-refractivity contribution < 1.29 is 35.1 Å². The molecule has 4 aromatic rings. The summed E-state index contributed by atoms with van der Waals surface area (Å²) in [6, 6.07) is 5.83. The fraction of sp³-hybridized carbons (Fsp3) is 0.250. The zero-order valence-corrected chi connectivity index (χ0v) is 23.7. The van der Waals surface area contributed by atoms with Crippen LogP contribution in [0.15, 0.2) is 58.6 Å². The Kier molecular flexibility index (Phi) is 7.17. The van der Waals surface area contributed by atoms with E-state index in [4.69, 9.17) is 11.6 Å². The number of benzene rings is 1. The van der Waals surface area contributed by atoms with Crippen molar-refractivity contribution in [3.63, 3.8) is 0 Å². The highest BCUT2D eigenvalue weighted by atomic mass is 35.5. The molecule has 1 saturated carbocycles. The minimum Gasteiger partial charge on any atom is -0.619 e. The molecule has 220 valence electrons. The first-order valence-corrected chi connectivity index (χ1v) is 14.6. The molecule has 3 heterocycles. The monoisotopic (exact) mass is 625 g/mol. The standard InChI is InChI=1S/C28H21ClF5N3O4S/c1-13-10-35-25(17-5-4-6-21(23(17)30)42(3,40)41)24(31)26(13)37-14(2)7-20(22(29)27(37)38)19-9-18(19)15-8-16(28(32,33)34)12-36(39)11-15/h4-8,10-12,18-19H,9H2,1-3H3/t18-,19+/m1/s1. The summed E-state index contributed by atoms with van der Waals surface area (Å²) in [4.78, 5) is 16.8. The Morgan fingerprint density at radius 1 is 1.10 bits per heavy atom. The Hall–Kier alpha value is -3.84. The zero-order valence-electron chi connectivity index (χ0n) is 22.1. The second-order valence-corrected chi connectivity index (χ2v) is 12.6. The van der Waals surface area contributed by atoms with Crippen LogP contribution in [0.5, 0.6) is 0 Å². The van der Waals surface area contributed by atoms with E-state index in [0.29, 0.717) is 18.2 Å². The minimum absolute atomic E-state index is 0.0827. The highest BCUT2D eigenvalue weighted by molar-refractivity contribution is 7.90. The number of aryl methyl sites for hydroxylation is 2. The van der Waals surface area contributed by atoms with Crippen LogP contribution in [0.4, 0.5) is 22.0 Å². The number of hydrogen-bond donors (Lipinski definition) is 0. The summed E-state index contributed by atoms with van der Waals surface area (Å²) >= 11 is 6.46. The van der Waals surface area contributed by atoms with Crippen LogP contribution < -0.4 is 10.3 Å². The number of halogens is 6. The summed E-state index contributed by atoms with van der Waals surface area (Å²) < 4.78 is 95.9. The Balaban J connectivity index is 1.59.